The van der Waals surface area contributed by atoms with Gasteiger partial charge in [0.05, 0.1) is 5.69 Å². The monoisotopic (exact) mass is 497 g/mol. The number of para-hydroxylation sites is 1. The first-order valence-electron chi connectivity index (χ1n) is 19.0. The van der Waals surface area contributed by atoms with Crippen LogP contribution in [0.25, 0.3) is 55.6 Å². The number of aromatic nitrogens is 2. The van der Waals surface area contributed by atoms with E-state index in [1.807, 2.05) is 0 Å². The van der Waals surface area contributed by atoms with Gasteiger partial charge in [0.15, 0.2) is 0 Å². The molecule has 3 aromatic carbocycles. The van der Waals surface area contributed by atoms with Gasteiger partial charge in [-0.05, 0) is 110 Å². The van der Waals surface area contributed by atoms with Gasteiger partial charge >= 0.3 is 0 Å². The quantitative estimate of drug-likeness (QED) is 0.244. The molecule has 182 valence electrons. The number of rotatable bonds is 3. The molecule has 0 N–H and O–H groups in total. The maximum atomic E-state index is 8.50. The van der Waals surface area contributed by atoms with Gasteiger partial charge in [-0.15, -0.1) is 0 Å². The van der Waals surface area contributed by atoms with Crippen LogP contribution in [0.15, 0.2) is 77.3 Å². The normalized spacial score (nSPS) is 19.2. The molecule has 0 spiro atoms. The second-order valence-corrected chi connectivity index (χ2v) is 8.94. The fourth-order valence-electron chi connectivity index (χ4n) is 4.64. The van der Waals surface area contributed by atoms with Gasteiger partial charge in [-0.1, -0.05) is 48.0 Å². The van der Waals surface area contributed by atoms with E-state index in [4.69, 9.17) is 25.0 Å². The Balaban J connectivity index is 1.68. The van der Waals surface area contributed by atoms with Crippen LogP contribution in [-0.2, 0) is 0 Å². The van der Waals surface area contributed by atoms with Crippen LogP contribution in [0, 0.1) is 41.2 Å². The van der Waals surface area contributed by atoms with Crippen molar-refractivity contribution >= 4 is 22.1 Å². The van der Waals surface area contributed by atoms with Crippen LogP contribution >= 0.6 is 0 Å². The average molecular weight is 498 g/mol. The summed E-state index contributed by atoms with van der Waals surface area (Å²) in [5.74, 6) is 0. The maximum Gasteiger partial charge on any atom is 0.227 e. The van der Waals surface area contributed by atoms with Crippen LogP contribution < -0.4 is 0 Å². The molecule has 3 heteroatoms. The lowest BCUT2D eigenvalue weighted by Crippen LogP contribution is -1.95. The number of nitrogens with zero attached hydrogens (tertiary/aromatic N) is 2. The highest BCUT2D eigenvalue weighted by atomic mass is 16.3. The Bertz CT molecular complexity index is 2360. The van der Waals surface area contributed by atoms with Gasteiger partial charge in [0.25, 0.3) is 0 Å². The zero-order chi connectivity index (χ0) is 38.3. The lowest BCUT2D eigenvalue weighted by molar-refractivity contribution is 0.653. The largest absolute Gasteiger partial charge is 0.437 e. The van der Waals surface area contributed by atoms with Crippen molar-refractivity contribution in [1.29, 1.82) is 0 Å². The van der Waals surface area contributed by atoms with E-state index < -0.39 is 39.8 Å². The SMILES string of the molecule is [2H]C([2H])([2H])c1ccc2c(n1)oc1c(-c3cc(-c4cc(C([2H])([2H])[2H])c(-c5ccc(C)cc5C([2H])([2H])[2H])cc4C([2H])([2H])[2H])c(C([2H])([2H])[2H])cn3)cccc12. The van der Waals surface area contributed by atoms with Gasteiger partial charge in [0.1, 0.15) is 5.58 Å². The molecule has 0 bridgehead atoms. The number of benzene rings is 3. The Morgan fingerprint density at radius 1 is 0.649 bits per heavy atom. The van der Waals surface area contributed by atoms with Gasteiger partial charge in [-0.3, -0.25) is 4.98 Å². The minimum Gasteiger partial charge on any atom is -0.437 e. The summed E-state index contributed by atoms with van der Waals surface area (Å²) in [6.07, 6.45) is 1.07. The van der Waals surface area contributed by atoms with Crippen molar-refractivity contribution in [2.75, 3.05) is 0 Å². The van der Waals surface area contributed by atoms with E-state index in [9.17, 15) is 0 Å². The van der Waals surface area contributed by atoms with Gasteiger partial charge < -0.3 is 4.42 Å². The highest BCUT2D eigenvalue weighted by Gasteiger charge is 2.17. The van der Waals surface area contributed by atoms with E-state index >= 15 is 0 Å². The van der Waals surface area contributed by atoms with Gasteiger partial charge in [0.2, 0.25) is 5.71 Å². The van der Waals surface area contributed by atoms with E-state index in [0.29, 0.717) is 21.9 Å². The molecule has 3 nitrogen and oxygen atoms in total. The molecule has 0 aliphatic heterocycles. The summed E-state index contributed by atoms with van der Waals surface area (Å²) < 4.78 is 129. The van der Waals surface area contributed by atoms with Crippen molar-refractivity contribution in [2.45, 2.75) is 41.2 Å². The predicted octanol–water partition coefficient (Wildman–Crippen LogP) is 9.23. The lowest BCUT2D eigenvalue weighted by Gasteiger charge is -2.17. The van der Waals surface area contributed by atoms with Gasteiger partial charge in [0, 0.05) is 48.8 Å². The van der Waals surface area contributed by atoms with Crippen molar-refractivity contribution in [3.05, 3.63) is 106 Å². The van der Waals surface area contributed by atoms with Crippen LogP contribution in [0.5, 0.6) is 0 Å². The molecular formula is C34H30N2O. The van der Waals surface area contributed by atoms with Crippen LogP contribution in [0.2, 0.25) is 0 Å². The molecule has 0 amide bonds. The Kier molecular flexibility index (Phi) is 2.79. The third-order valence-corrected chi connectivity index (χ3v) is 6.46. The first kappa shape index (κ1) is 11.9. The molecule has 0 radical (unpaired) electrons. The summed E-state index contributed by atoms with van der Waals surface area (Å²) in [6, 6.07) is 16.0. The molecular weight excluding hydrogens is 452 g/mol. The minimum absolute atomic E-state index is 0.00654. The molecule has 37 heavy (non-hydrogen) atoms. The summed E-state index contributed by atoms with van der Waals surface area (Å²) in [7, 11) is 0. The summed E-state index contributed by atoms with van der Waals surface area (Å²) in [6.45, 7) is -12.2. The predicted molar refractivity (Wildman–Crippen MR) is 154 cm³/mol. The number of fused-ring (bicyclic) bond motifs is 3. The topological polar surface area (TPSA) is 38.9 Å². The minimum atomic E-state index is -2.93. The van der Waals surface area contributed by atoms with Crippen molar-refractivity contribution < 1.29 is 25.0 Å². The van der Waals surface area contributed by atoms with Crippen LogP contribution in [0.4, 0.5) is 0 Å². The number of hydrogen-bond donors (Lipinski definition) is 0. The molecule has 3 heterocycles. The molecule has 0 atom stereocenters. The smallest absolute Gasteiger partial charge is 0.227 e. The second-order valence-electron chi connectivity index (χ2n) is 8.94. The van der Waals surface area contributed by atoms with Crippen molar-refractivity contribution in [2.24, 2.45) is 0 Å². The van der Waals surface area contributed by atoms with E-state index in [2.05, 4.69) is 9.97 Å². The Hall–Kier alpha value is -4.24. The van der Waals surface area contributed by atoms with Crippen LogP contribution in [-0.4, -0.2) is 9.97 Å². The molecule has 0 saturated heterocycles. The number of furan rings is 1. The summed E-state index contributed by atoms with van der Waals surface area (Å²) >= 11 is 0. The van der Waals surface area contributed by atoms with Crippen molar-refractivity contribution in [3.8, 4) is 33.5 Å². The highest BCUT2D eigenvalue weighted by molar-refractivity contribution is 6.08. The van der Waals surface area contributed by atoms with Gasteiger partial charge in [-0.2, -0.15) is 0 Å². The highest BCUT2D eigenvalue weighted by Crippen LogP contribution is 2.38. The Labute approximate surface area is 238 Å². The standard InChI is InChI=1S/C34H30N2O/c1-19-10-12-25(20(2)14-19)29-15-22(4)30(16-21(29)3)31-17-32(35-18-23(31)5)28-9-7-8-26-27-13-11-24(6)36-34(27)37-33(26)28/h7-18H,1-6H3/i2D3,3D3,4D3,5D3,6D3. The lowest BCUT2D eigenvalue weighted by atomic mass is 9.88. The summed E-state index contributed by atoms with van der Waals surface area (Å²) in [4.78, 5) is 8.59. The first-order chi connectivity index (χ1) is 23.9. The van der Waals surface area contributed by atoms with Crippen LogP contribution in [0.1, 0.15) is 54.1 Å². The average Bonchev–Trinajstić information content (AvgIpc) is 3.40. The van der Waals surface area contributed by atoms with Crippen molar-refractivity contribution in [3.63, 3.8) is 0 Å². The molecule has 6 aromatic rings. The molecule has 0 aliphatic rings. The maximum absolute atomic E-state index is 8.50. The Morgan fingerprint density at radius 2 is 1.41 bits per heavy atom. The van der Waals surface area contributed by atoms with E-state index in [0.717, 1.165) is 18.3 Å². The molecule has 0 unspecified atom stereocenters. The molecule has 6 rings (SSSR count). The third-order valence-electron chi connectivity index (χ3n) is 6.46. The number of aryl methyl sites for hydroxylation is 6. The van der Waals surface area contributed by atoms with E-state index in [1.54, 1.807) is 37.3 Å². The Morgan fingerprint density at radius 3 is 2.19 bits per heavy atom. The summed E-state index contributed by atoms with van der Waals surface area (Å²) in [5, 5.41) is 1.07. The van der Waals surface area contributed by atoms with Gasteiger partial charge in [-0.25, -0.2) is 4.98 Å². The fraction of sp³-hybridized carbons (Fsp3) is 0.176. The van der Waals surface area contributed by atoms with Crippen LogP contribution in [0.3, 0.4) is 0 Å². The van der Waals surface area contributed by atoms with Crippen molar-refractivity contribution in [1.82, 2.24) is 9.97 Å². The second kappa shape index (κ2) is 8.70. The van der Waals surface area contributed by atoms with E-state index in [1.165, 1.54) is 24.3 Å². The molecule has 0 saturated carbocycles. The first-order valence-corrected chi connectivity index (χ1v) is 11.5. The summed E-state index contributed by atoms with van der Waals surface area (Å²) in [5.41, 5.74) is -0.592. The number of hydrogen-bond acceptors (Lipinski definition) is 3. The third kappa shape index (κ3) is 3.92. The van der Waals surface area contributed by atoms with E-state index in [-0.39, 0.29) is 61.6 Å². The molecule has 3 aromatic heterocycles. The fourth-order valence-corrected chi connectivity index (χ4v) is 4.64. The zero-order valence-electron chi connectivity index (χ0n) is 34.7. The zero-order valence-corrected chi connectivity index (χ0v) is 19.7. The molecule has 0 aliphatic carbocycles. The number of pyridine rings is 2. The molecule has 0 fully saturated rings.